The molecular weight excluding hydrogens is 527 g/mol. The van der Waals surface area contributed by atoms with Gasteiger partial charge in [-0.05, 0) is 37.6 Å². The molecule has 0 saturated carbocycles. The van der Waals surface area contributed by atoms with Crippen LogP contribution >= 0.6 is 0 Å². The molecule has 11 nitrogen and oxygen atoms in total. The number of ether oxygens (including phenoxy) is 1. The van der Waals surface area contributed by atoms with E-state index in [1.807, 2.05) is 24.3 Å². The number of aliphatic hydroxyl groups is 1. The van der Waals surface area contributed by atoms with E-state index in [0.29, 0.717) is 40.7 Å². The highest BCUT2D eigenvalue weighted by molar-refractivity contribution is 6.06. The SMILES string of the molecule is COC[C@H](C(=O)Nc1cccc2c(-c3nc(Nc4cncc(CCCO)c4)ncc3F)c[nH]c12)N1CCN(C)CC1. The lowest BCUT2D eigenvalue weighted by atomic mass is 10.1. The van der Waals surface area contributed by atoms with Crippen LogP contribution in [0.1, 0.15) is 12.0 Å². The Morgan fingerprint density at radius 3 is 2.83 bits per heavy atom. The maximum atomic E-state index is 15.0. The first-order valence-electron chi connectivity index (χ1n) is 13.6. The third-order valence-electron chi connectivity index (χ3n) is 7.25. The molecule has 12 heteroatoms. The van der Waals surface area contributed by atoms with Crippen molar-refractivity contribution in [2.24, 2.45) is 0 Å². The van der Waals surface area contributed by atoms with Crippen molar-refractivity contribution in [3.8, 4) is 11.3 Å². The van der Waals surface area contributed by atoms with E-state index in [1.54, 1.807) is 25.7 Å². The lowest BCUT2D eigenvalue weighted by Crippen LogP contribution is -2.54. The molecule has 4 aromatic rings. The van der Waals surface area contributed by atoms with E-state index in [4.69, 9.17) is 9.84 Å². The molecule has 1 aromatic carbocycles. The first kappa shape index (κ1) is 28.6. The van der Waals surface area contributed by atoms with E-state index in [0.717, 1.165) is 37.9 Å². The van der Waals surface area contributed by atoms with E-state index in [1.165, 1.54) is 0 Å². The van der Waals surface area contributed by atoms with Gasteiger partial charge in [-0.1, -0.05) is 12.1 Å². The van der Waals surface area contributed by atoms with Gasteiger partial charge in [0.05, 0.1) is 35.9 Å². The normalized spacial score (nSPS) is 15.2. The number of nitrogens with zero attached hydrogens (tertiary/aromatic N) is 5. The van der Waals surface area contributed by atoms with Gasteiger partial charge in [-0.15, -0.1) is 0 Å². The number of aliphatic hydroxyl groups excluding tert-OH is 1. The molecule has 3 aromatic heterocycles. The summed E-state index contributed by atoms with van der Waals surface area (Å²) in [4.78, 5) is 33.8. The van der Waals surface area contributed by atoms with Crippen molar-refractivity contribution in [2.75, 3.05) is 64.2 Å². The minimum atomic E-state index is -0.573. The Morgan fingerprint density at radius 1 is 1.22 bits per heavy atom. The molecule has 0 spiro atoms. The number of hydrogen-bond acceptors (Lipinski definition) is 9. The highest BCUT2D eigenvalue weighted by Crippen LogP contribution is 2.33. The summed E-state index contributed by atoms with van der Waals surface area (Å²) in [6.07, 6.45) is 7.50. The number of piperazine rings is 1. The molecule has 4 heterocycles. The average Bonchev–Trinajstić information content (AvgIpc) is 3.41. The number of H-pyrrole nitrogens is 1. The number of aromatic amines is 1. The summed E-state index contributed by atoms with van der Waals surface area (Å²) in [7, 11) is 3.67. The Morgan fingerprint density at radius 2 is 2.05 bits per heavy atom. The van der Waals surface area contributed by atoms with Crippen LogP contribution in [0.2, 0.25) is 0 Å². The van der Waals surface area contributed by atoms with Crippen molar-refractivity contribution >= 4 is 34.1 Å². The molecule has 0 radical (unpaired) electrons. The van der Waals surface area contributed by atoms with Crippen molar-refractivity contribution in [2.45, 2.75) is 18.9 Å². The van der Waals surface area contributed by atoms with Gasteiger partial charge in [-0.2, -0.15) is 0 Å². The Labute approximate surface area is 237 Å². The minimum absolute atomic E-state index is 0.0993. The molecule has 41 heavy (non-hydrogen) atoms. The van der Waals surface area contributed by atoms with Crippen molar-refractivity contribution in [3.05, 3.63) is 60.4 Å². The average molecular weight is 563 g/mol. The Kier molecular flexibility index (Phi) is 9.14. The number of methoxy groups -OCH3 is 1. The number of likely N-dealkylation sites (N-methyl/N-ethyl adjacent to an activating group) is 1. The maximum absolute atomic E-state index is 15.0. The number of carbonyl (C=O) groups is 1. The molecule has 0 unspecified atom stereocenters. The topological polar surface area (TPSA) is 132 Å². The lowest BCUT2D eigenvalue weighted by Gasteiger charge is -2.36. The standard InChI is InChI=1S/C29H35FN8O3/c1-37-8-10-38(11-9-37)25(18-41-2)28(40)35-24-7-3-6-21-22(16-32-27(21)24)26-23(30)17-33-29(36-26)34-20-13-19(5-4-12-39)14-31-15-20/h3,6-7,13-17,25,32,39H,4-5,8-12,18H2,1-2H3,(H,35,40)(H,33,34,36)/t25-/m1/s1. The Bertz CT molecular complexity index is 1490. The highest BCUT2D eigenvalue weighted by atomic mass is 19.1. The molecule has 1 amide bonds. The van der Waals surface area contributed by atoms with Crippen LogP contribution in [0, 0.1) is 5.82 Å². The van der Waals surface area contributed by atoms with Crippen LogP contribution in [-0.4, -0.2) is 100 Å². The molecule has 216 valence electrons. The molecule has 4 N–H and O–H groups in total. The van der Waals surface area contributed by atoms with Gasteiger partial charge in [-0.3, -0.25) is 14.7 Å². The Balaban J connectivity index is 1.38. The number of carbonyl (C=O) groups excluding carboxylic acids is 1. The number of fused-ring (bicyclic) bond motifs is 1. The molecule has 5 rings (SSSR count). The van der Waals surface area contributed by atoms with Crippen LogP contribution < -0.4 is 10.6 Å². The molecule has 0 aliphatic carbocycles. The van der Waals surface area contributed by atoms with E-state index in [-0.39, 0.29) is 30.8 Å². The molecular formula is C29H35FN8O3. The van der Waals surface area contributed by atoms with Gasteiger partial charge < -0.3 is 30.4 Å². The first-order chi connectivity index (χ1) is 20.0. The second kappa shape index (κ2) is 13.1. The zero-order chi connectivity index (χ0) is 28.8. The van der Waals surface area contributed by atoms with E-state index >= 15 is 4.39 Å². The summed E-state index contributed by atoms with van der Waals surface area (Å²) in [5.74, 6) is -0.513. The number of rotatable bonds is 11. The number of aryl methyl sites for hydroxylation is 1. The summed E-state index contributed by atoms with van der Waals surface area (Å²) >= 11 is 0. The van der Waals surface area contributed by atoms with Crippen LogP contribution in [-0.2, 0) is 16.0 Å². The number of halogens is 1. The van der Waals surface area contributed by atoms with Crippen LogP contribution in [0.4, 0.5) is 21.7 Å². The zero-order valence-corrected chi connectivity index (χ0v) is 23.2. The van der Waals surface area contributed by atoms with Crippen LogP contribution in [0.5, 0.6) is 0 Å². The monoisotopic (exact) mass is 562 g/mol. The van der Waals surface area contributed by atoms with Crippen molar-refractivity contribution in [1.29, 1.82) is 0 Å². The molecule has 1 fully saturated rings. The Hall–Kier alpha value is -3.97. The fourth-order valence-corrected chi connectivity index (χ4v) is 5.03. The zero-order valence-electron chi connectivity index (χ0n) is 23.2. The quantitative estimate of drug-likeness (QED) is 0.218. The van der Waals surface area contributed by atoms with Gasteiger partial charge in [-0.25, -0.2) is 14.4 Å². The van der Waals surface area contributed by atoms with Crippen molar-refractivity contribution in [3.63, 3.8) is 0 Å². The van der Waals surface area contributed by atoms with Gasteiger partial charge in [0.15, 0.2) is 5.82 Å². The van der Waals surface area contributed by atoms with E-state index in [2.05, 4.69) is 47.4 Å². The number of pyridine rings is 1. The van der Waals surface area contributed by atoms with E-state index < -0.39 is 11.9 Å². The number of anilines is 3. The second-order valence-electron chi connectivity index (χ2n) is 10.2. The fraction of sp³-hybridized carbons (Fsp3) is 0.379. The fourth-order valence-electron chi connectivity index (χ4n) is 5.03. The molecule has 1 saturated heterocycles. The van der Waals surface area contributed by atoms with Crippen LogP contribution in [0.3, 0.4) is 0 Å². The van der Waals surface area contributed by atoms with Gasteiger partial charge in [0.25, 0.3) is 0 Å². The number of aromatic nitrogens is 4. The smallest absolute Gasteiger partial charge is 0.244 e. The van der Waals surface area contributed by atoms with Crippen molar-refractivity contribution < 1.29 is 19.0 Å². The van der Waals surface area contributed by atoms with Crippen LogP contribution in [0.25, 0.3) is 22.2 Å². The maximum Gasteiger partial charge on any atom is 0.244 e. The minimum Gasteiger partial charge on any atom is -0.396 e. The summed E-state index contributed by atoms with van der Waals surface area (Å²) in [5.41, 5.74) is 3.54. The molecule has 1 atom stereocenters. The van der Waals surface area contributed by atoms with Gasteiger partial charge in [0.2, 0.25) is 11.9 Å². The lowest BCUT2D eigenvalue weighted by molar-refractivity contribution is -0.124. The number of benzene rings is 1. The number of hydrogen-bond donors (Lipinski definition) is 4. The van der Waals surface area contributed by atoms with Gasteiger partial charge in [0.1, 0.15) is 11.7 Å². The van der Waals surface area contributed by atoms with E-state index in [9.17, 15) is 4.79 Å². The highest BCUT2D eigenvalue weighted by Gasteiger charge is 2.29. The summed E-state index contributed by atoms with van der Waals surface area (Å²) < 4.78 is 20.4. The third-order valence-corrected chi connectivity index (χ3v) is 7.25. The first-order valence-corrected chi connectivity index (χ1v) is 13.6. The largest absolute Gasteiger partial charge is 0.396 e. The number of amides is 1. The molecule has 0 bridgehead atoms. The molecule has 1 aliphatic rings. The number of para-hydroxylation sites is 1. The van der Waals surface area contributed by atoms with Gasteiger partial charge >= 0.3 is 0 Å². The van der Waals surface area contributed by atoms with Crippen LogP contribution in [0.15, 0.2) is 49.1 Å². The third kappa shape index (κ3) is 6.68. The summed E-state index contributed by atoms with van der Waals surface area (Å²) in [6, 6.07) is 6.96. The predicted octanol–water partition coefficient (Wildman–Crippen LogP) is 3.03. The summed E-state index contributed by atoms with van der Waals surface area (Å²) in [6.45, 7) is 3.71. The summed E-state index contributed by atoms with van der Waals surface area (Å²) in [5, 5.41) is 16.0. The second-order valence-corrected chi connectivity index (χ2v) is 10.2. The predicted molar refractivity (Wildman–Crippen MR) is 156 cm³/mol. The number of nitrogens with one attached hydrogen (secondary N) is 3. The van der Waals surface area contributed by atoms with Gasteiger partial charge in [0, 0.05) is 63.2 Å². The van der Waals surface area contributed by atoms with Crippen molar-refractivity contribution in [1.82, 2.24) is 29.7 Å². The molecule has 1 aliphatic heterocycles.